The van der Waals surface area contributed by atoms with Gasteiger partial charge in [-0.2, -0.15) is 5.10 Å². The molecule has 0 atom stereocenters. The highest BCUT2D eigenvalue weighted by molar-refractivity contribution is 9.10. The lowest BCUT2D eigenvalue weighted by Crippen LogP contribution is -2.14. The molecule has 0 bridgehead atoms. The number of primary amides is 1. The van der Waals surface area contributed by atoms with Crippen molar-refractivity contribution in [3.8, 4) is 5.69 Å². The van der Waals surface area contributed by atoms with Crippen molar-refractivity contribution >= 4 is 39.0 Å². The summed E-state index contributed by atoms with van der Waals surface area (Å²) < 4.78 is 2.37. The molecule has 0 radical (unpaired) electrons. The smallest absolute Gasteiger partial charge is 0.251 e. The van der Waals surface area contributed by atoms with E-state index in [4.69, 9.17) is 23.7 Å². The van der Waals surface area contributed by atoms with E-state index in [0.29, 0.717) is 16.8 Å². The molecule has 0 aliphatic heterocycles. The van der Waals surface area contributed by atoms with Crippen molar-refractivity contribution in [2.45, 2.75) is 0 Å². The molecule has 0 spiro atoms. The number of aromatic nitrogens is 2. The summed E-state index contributed by atoms with van der Waals surface area (Å²) in [7, 11) is 0. The van der Waals surface area contributed by atoms with Crippen LogP contribution < -0.4 is 11.5 Å². The highest BCUT2D eigenvalue weighted by Gasteiger charge is 2.11. The van der Waals surface area contributed by atoms with Gasteiger partial charge in [-0.15, -0.1) is 0 Å². The van der Waals surface area contributed by atoms with Crippen molar-refractivity contribution in [2.24, 2.45) is 11.5 Å². The third-order valence-electron chi connectivity index (χ3n) is 2.34. The van der Waals surface area contributed by atoms with Crippen LogP contribution in [0.5, 0.6) is 0 Å². The van der Waals surface area contributed by atoms with E-state index in [1.54, 1.807) is 12.1 Å². The van der Waals surface area contributed by atoms with Crippen LogP contribution in [0.25, 0.3) is 5.69 Å². The van der Waals surface area contributed by atoms with Crippen LogP contribution in [-0.2, 0) is 0 Å². The molecule has 0 aliphatic carbocycles. The van der Waals surface area contributed by atoms with E-state index in [9.17, 15) is 4.79 Å². The minimum Gasteiger partial charge on any atom is -0.389 e. The molecule has 0 aliphatic rings. The highest BCUT2D eigenvalue weighted by Crippen LogP contribution is 2.20. The number of hydrogen-bond acceptors (Lipinski definition) is 3. The molecule has 1 heterocycles. The minimum atomic E-state index is -0.532. The van der Waals surface area contributed by atoms with Crippen molar-refractivity contribution in [3.05, 3.63) is 46.2 Å². The number of thiocarbonyl (C=S) groups is 1. The van der Waals surface area contributed by atoms with E-state index in [0.717, 1.165) is 4.47 Å². The molecule has 1 aromatic heterocycles. The monoisotopic (exact) mass is 324 g/mol. The fourth-order valence-electron chi connectivity index (χ4n) is 1.49. The molecule has 92 valence electrons. The maximum atomic E-state index is 11.0. The third kappa shape index (κ3) is 2.41. The van der Waals surface area contributed by atoms with Gasteiger partial charge in [0.25, 0.3) is 5.91 Å². The van der Waals surface area contributed by atoms with Crippen LogP contribution in [0.4, 0.5) is 0 Å². The van der Waals surface area contributed by atoms with Gasteiger partial charge in [-0.25, -0.2) is 4.68 Å². The molecule has 2 rings (SSSR count). The van der Waals surface area contributed by atoms with Crippen LogP contribution in [-0.4, -0.2) is 20.7 Å². The van der Waals surface area contributed by atoms with Crippen molar-refractivity contribution < 1.29 is 4.79 Å². The average Bonchev–Trinajstić information content (AvgIpc) is 2.78. The summed E-state index contributed by atoms with van der Waals surface area (Å²) in [6, 6.07) is 5.43. The topological polar surface area (TPSA) is 86.9 Å². The quantitative estimate of drug-likeness (QED) is 0.835. The lowest BCUT2D eigenvalue weighted by Gasteiger charge is -2.08. The van der Waals surface area contributed by atoms with Crippen molar-refractivity contribution in [1.82, 2.24) is 9.78 Å². The standard InChI is InChI=1S/C11H9BrN4OS/c12-7-1-2-9(8(3-7)11(14)18)16-5-6(4-15-16)10(13)17/h1-5H,(H2,13,17)(H2,14,18). The molecule has 1 amide bonds. The lowest BCUT2D eigenvalue weighted by molar-refractivity contribution is 0.100. The van der Waals surface area contributed by atoms with E-state index < -0.39 is 5.91 Å². The Kier molecular flexibility index (Phi) is 3.44. The molecule has 1 aromatic carbocycles. The molecular formula is C11H9BrN4OS. The van der Waals surface area contributed by atoms with E-state index in [1.807, 2.05) is 6.07 Å². The van der Waals surface area contributed by atoms with Gasteiger partial charge in [-0.1, -0.05) is 28.1 Å². The van der Waals surface area contributed by atoms with Crippen molar-refractivity contribution in [2.75, 3.05) is 0 Å². The predicted octanol–water partition coefficient (Wildman–Crippen LogP) is 1.37. The summed E-state index contributed by atoms with van der Waals surface area (Å²) in [5, 5.41) is 4.07. The zero-order valence-electron chi connectivity index (χ0n) is 9.13. The van der Waals surface area contributed by atoms with Gasteiger partial charge in [0.15, 0.2) is 0 Å². The molecular weight excluding hydrogens is 316 g/mol. The van der Waals surface area contributed by atoms with E-state index in [2.05, 4.69) is 21.0 Å². The second-order valence-electron chi connectivity index (χ2n) is 3.56. The van der Waals surface area contributed by atoms with Gasteiger partial charge in [0, 0.05) is 16.2 Å². The Bertz CT molecular complexity index is 638. The summed E-state index contributed by atoms with van der Waals surface area (Å²) >= 11 is 8.34. The molecule has 0 fully saturated rings. The minimum absolute atomic E-state index is 0.252. The van der Waals surface area contributed by atoms with Crippen LogP contribution >= 0.6 is 28.1 Å². The summed E-state index contributed by atoms with van der Waals surface area (Å²) in [5.74, 6) is -0.532. The molecule has 2 aromatic rings. The first-order valence-electron chi connectivity index (χ1n) is 4.93. The number of hydrogen-bond donors (Lipinski definition) is 2. The van der Waals surface area contributed by atoms with Gasteiger partial charge in [0.1, 0.15) is 4.99 Å². The largest absolute Gasteiger partial charge is 0.389 e. The van der Waals surface area contributed by atoms with E-state index in [-0.39, 0.29) is 4.99 Å². The van der Waals surface area contributed by atoms with Gasteiger partial charge < -0.3 is 11.5 Å². The Morgan fingerprint density at radius 1 is 1.39 bits per heavy atom. The zero-order valence-corrected chi connectivity index (χ0v) is 11.5. The second kappa shape index (κ2) is 4.87. The summed E-state index contributed by atoms with van der Waals surface area (Å²) in [6.07, 6.45) is 2.93. The Hall–Kier alpha value is -1.73. The Morgan fingerprint density at radius 2 is 2.11 bits per heavy atom. The molecule has 0 unspecified atom stereocenters. The first-order valence-corrected chi connectivity index (χ1v) is 6.13. The van der Waals surface area contributed by atoms with Crippen LogP contribution in [0, 0.1) is 0 Å². The molecule has 5 nitrogen and oxygen atoms in total. The third-order valence-corrected chi connectivity index (χ3v) is 3.05. The average molecular weight is 325 g/mol. The summed E-state index contributed by atoms with van der Waals surface area (Å²) in [5.41, 5.74) is 12.5. The Balaban J connectivity index is 2.55. The number of benzene rings is 1. The fraction of sp³-hybridized carbons (Fsp3) is 0. The van der Waals surface area contributed by atoms with Gasteiger partial charge >= 0.3 is 0 Å². The zero-order chi connectivity index (χ0) is 13.3. The number of carbonyl (C=O) groups is 1. The van der Waals surface area contributed by atoms with Crippen LogP contribution in [0.2, 0.25) is 0 Å². The van der Waals surface area contributed by atoms with E-state index >= 15 is 0 Å². The normalized spacial score (nSPS) is 10.3. The molecule has 7 heteroatoms. The molecule has 4 N–H and O–H groups in total. The second-order valence-corrected chi connectivity index (χ2v) is 4.92. The van der Waals surface area contributed by atoms with Gasteiger partial charge in [0.05, 0.1) is 17.4 Å². The van der Waals surface area contributed by atoms with Crippen LogP contribution in [0.1, 0.15) is 15.9 Å². The Morgan fingerprint density at radius 3 is 2.67 bits per heavy atom. The highest BCUT2D eigenvalue weighted by atomic mass is 79.9. The maximum absolute atomic E-state index is 11.0. The number of amides is 1. The first-order chi connectivity index (χ1) is 8.49. The number of carbonyl (C=O) groups excluding carboxylic acids is 1. The molecule has 18 heavy (non-hydrogen) atoms. The van der Waals surface area contributed by atoms with Crippen LogP contribution in [0.3, 0.4) is 0 Å². The maximum Gasteiger partial charge on any atom is 0.251 e. The number of nitrogens with zero attached hydrogens (tertiary/aromatic N) is 2. The van der Waals surface area contributed by atoms with Crippen molar-refractivity contribution in [1.29, 1.82) is 0 Å². The number of halogens is 1. The fourth-order valence-corrected chi connectivity index (χ4v) is 2.01. The van der Waals surface area contributed by atoms with Crippen LogP contribution in [0.15, 0.2) is 35.1 Å². The Labute approximate surface area is 117 Å². The first kappa shape index (κ1) is 12.7. The van der Waals surface area contributed by atoms with E-state index in [1.165, 1.54) is 17.1 Å². The number of rotatable bonds is 3. The number of nitrogens with two attached hydrogens (primary N) is 2. The van der Waals surface area contributed by atoms with Gasteiger partial charge in [-0.3, -0.25) is 4.79 Å². The summed E-state index contributed by atoms with van der Waals surface area (Å²) in [4.78, 5) is 11.3. The SMILES string of the molecule is NC(=O)c1cnn(-c2ccc(Br)cc2C(N)=S)c1. The van der Waals surface area contributed by atoms with Crippen molar-refractivity contribution in [3.63, 3.8) is 0 Å². The molecule has 0 saturated heterocycles. The predicted molar refractivity (Wildman–Crippen MR) is 75.7 cm³/mol. The lowest BCUT2D eigenvalue weighted by atomic mass is 10.2. The van der Waals surface area contributed by atoms with Gasteiger partial charge in [-0.05, 0) is 18.2 Å². The van der Waals surface area contributed by atoms with Gasteiger partial charge in [0.2, 0.25) is 0 Å². The summed E-state index contributed by atoms with van der Waals surface area (Å²) in [6.45, 7) is 0. The molecule has 0 saturated carbocycles.